The molecule has 21 heavy (non-hydrogen) atoms. The van der Waals surface area contributed by atoms with Gasteiger partial charge in [-0.25, -0.2) is 0 Å². The molecule has 2 N–H and O–H groups in total. The summed E-state index contributed by atoms with van der Waals surface area (Å²) in [5, 5.41) is 11.6. The predicted molar refractivity (Wildman–Crippen MR) is 69.0 cm³/mol. The van der Waals surface area contributed by atoms with Gasteiger partial charge in [0.2, 0.25) is 0 Å². The number of ether oxygens (including phenoxy) is 1. The van der Waals surface area contributed by atoms with E-state index >= 15 is 0 Å². The van der Waals surface area contributed by atoms with Gasteiger partial charge in [-0.2, -0.15) is 13.2 Å². The number of nitrogens with one attached hydrogen (secondary N) is 1. The van der Waals surface area contributed by atoms with Crippen molar-refractivity contribution in [2.75, 3.05) is 32.1 Å². The van der Waals surface area contributed by atoms with Gasteiger partial charge >= 0.3 is 6.18 Å². The molecular weight excluding hydrogens is 289 g/mol. The Kier molecular flexibility index (Phi) is 4.38. The maximum atomic E-state index is 12.7. The number of aromatic hydroxyl groups is 1. The fraction of sp³-hybridized carbons (Fsp3) is 0.462. The van der Waals surface area contributed by atoms with Crippen LogP contribution in [0.4, 0.5) is 18.9 Å². The minimum absolute atomic E-state index is 0.0399. The fourth-order valence-corrected chi connectivity index (χ4v) is 2.00. The van der Waals surface area contributed by atoms with Crippen molar-refractivity contribution >= 4 is 11.6 Å². The highest BCUT2D eigenvalue weighted by Gasteiger charge is 2.34. The number of alkyl halides is 3. The van der Waals surface area contributed by atoms with E-state index in [-0.39, 0.29) is 5.69 Å². The van der Waals surface area contributed by atoms with Crippen molar-refractivity contribution in [1.82, 2.24) is 4.90 Å². The molecule has 2 rings (SSSR count). The summed E-state index contributed by atoms with van der Waals surface area (Å²) in [5.74, 6) is -1.39. The Balaban J connectivity index is 2.11. The molecule has 1 saturated heterocycles. The minimum atomic E-state index is -4.69. The monoisotopic (exact) mass is 304 g/mol. The summed E-state index contributed by atoms with van der Waals surface area (Å²) in [4.78, 5) is 13.8. The molecular formula is C13H15F3N2O3. The summed E-state index contributed by atoms with van der Waals surface area (Å²) in [6.45, 7) is 1.45. The second-order valence-corrected chi connectivity index (χ2v) is 4.84. The Morgan fingerprint density at radius 3 is 2.81 bits per heavy atom. The van der Waals surface area contributed by atoms with Crippen LogP contribution in [0, 0.1) is 0 Å². The average Bonchev–Trinajstić information content (AvgIpc) is 2.39. The zero-order chi connectivity index (χ0) is 15.6. The zero-order valence-corrected chi connectivity index (χ0v) is 11.3. The highest BCUT2D eigenvalue weighted by Crippen LogP contribution is 2.37. The molecule has 1 aromatic carbocycles. The number of hydrogen-bond donors (Lipinski definition) is 2. The molecule has 1 aliphatic rings. The number of anilines is 1. The topological polar surface area (TPSA) is 61.8 Å². The first-order chi connectivity index (χ1) is 9.77. The lowest BCUT2D eigenvalue weighted by Gasteiger charge is -2.29. The summed E-state index contributed by atoms with van der Waals surface area (Å²) in [6.07, 6.45) is -5.42. The standard InChI is InChI=1S/C13H15F3N2O3/c1-18-4-5-21-11(7-18)12(20)17-8-2-3-10(19)9(6-8)13(14,15)16/h2-3,6,11,19H,4-5,7H2,1H3,(H,17,20)/t11-/m0/s1. The van der Waals surface area contributed by atoms with Crippen molar-refractivity contribution in [1.29, 1.82) is 0 Å². The Morgan fingerprint density at radius 2 is 2.19 bits per heavy atom. The fourth-order valence-electron chi connectivity index (χ4n) is 2.00. The molecule has 5 nitrogen and oxygen atoms in total. The third kappa shape index (κ3) is 3.85. The number of carbonyl (C=O) groups excluding carboxylic acids is 1. The number of phenolic OH excluding ortho intramolecular Hbond substituents is 1. The number of morpholine rings is 1. The summed E-state index contributed by atoms with van der Waals surface area (Å²) in [6, 6.07) is 2.79. The van der Waals surface area contributed by atoms with Crippen molar-refractivity contribution < 1.29 is 27.8 Å². The van der Waals surface area contributed by atoms with Gasteiger partial charge in [0.05, 0.1) is 12.2 Å². The minimum Gasteiger partial charge on any atom is -0.507 e. The smallest absolute Gasteiger partial charge is 0.420 e. The number of hydrogen-bond acceptors (Lipinski definition) is 4. The molecule has 1 aromatic rings. The highest BCUT2D eigenvalue weighted by molar-refractivity contribution is 5.94. The quantitative estimate of drug-likeness (QED) is 0.816. The average molecular weight is 304 g/mol. The number of nitrogens with zero attached hydrogens (tertiary/aromatic N) is 1. The van der Waals surface area contributed by atoms with Gasteiger partial charge < -0.3 is 20.1 Å². The SMILES string of the molecule is CN1CCO[C@H](C(=O)Nc2ccc(O)c(C(F)(F)F)c2)C1. The molecule has 0 bridgehead atoms. The van der Waals surface area contributed by atoms with Crippen molar-refractivity contribution in [2.24, 2.45) is 0 Å². The Morgan fingerprint density at radius 1 is 1.48 bits per heavy atom. The van der Waals surface area contributed by atoms with Crippen LogP contribution in [-0.4, -0.2) is 48.8 Å². The van der Waals surface area contributed by atoms with Crippen LogP contribution in [0.15, 0.2) is 18.2 Å². The van der Waals surface area contributed by atoms with Gasteiger partial charge in [-0.05, 0) is 25.2 Å². The van der Waals surface area contributed by atoms with E-state index < -0.39 is 29.5 Å². The van der Waals surface area contributed by atoms with Crippen LogP contribution in [0.25, 0.3) is 0 Å². The number of carbonyl (C=O) groups is 1. The van der Waals surface area contributed by atoms with Gasteiger partial charge in [0, 0.05) is 18.8 Å². The summed E-state index contributed by atoms with van der Waals surface area (Å²) in [5.41, 5.74) is -1.23. The van der Waals surface area contributed by atoms with E-state index in [4.69, 9.17) is 4.74 Å². The highest BCUT2D eigenvalue weighted by atomic mass is 19.4. The Labute approximate surface area is 119 Å². The number of phenols is 1. The number of benzene rings is 1. The van der Waals surface area contributed by atoms with Gasteiger partial charge in [0.15, 0.2) is 0 Å². The number of amides is 1. The largest absolute Gasteiger partial charge is 0.507 e. The van der Waals surface area contributed by atoms with Gasteiger partial charge in [0.1, 0.15) is 11.9 Å². The van der Waals surface area contributed by atoms with Crippen LogP contribution >= 0.6 is 0 Å². The molecule has 0 radical (unpaired) electrons. The molecule has 1 fully saturated rings. The van der Waals surface area contributed by atoms with E-state index in [1.54, 1.807) is 0 Å². The number of rotatable bonds is 2. The van der Waals surface area contributed by atoms with Crippen LogP contribution in [0.5, 0.6) is 5.75 Å². The molecule has 1 aliphatic heterocycles. The molecule has 0 spiro atoms. The van der Waals surface area contributed by atoms with E-state index in [1.165, 1.54) is 6.07 Å². The summed E-state index contributed by atoms with van der Waals surface area (Å²) < 4.78 is 43.3. The third-order valence-electron chi connectivity index (χ3n) is 3.13. The molecule has 1 atom stereocenters. The number of halogens is 3. The normalized spacial score (nSPS) is 20.3. The Bertz CT molecular complexity index is 534. The lowest BCUT2D eigenvalue weighted by atomic mass is 10.1. The molecule has 0 aromatic heterocycles. The van der Waals surface area contributed by atoms with E-state index in [0.29, 0.717) is 25.8 Å². The van der Waals surface area contributed by atoms with Crippen molar-refractivity contribution in [3.8, 4) is 5.75 Å². The van der Waals surface area contributed by atoms with Crippen molar-refractivity contribution in [3.05, 3.63) is 23.8 Å². The first-order valence-electron chi connectivity index (χ1n) is 6.28. The molecule has 0 saturated carbocycles. The maximum Gasteiger partial charge on any atom is 0.420 e. The van der Waals surface area contributed by atoms with Crippen molar-refractivity contribution in [2.45, 2.75) is 12.3 Å². The molecule has 0 unspecified atom stereocenters. The van der Waals surface area contributed by atoms with Gasteiger partial charge in [0.25, 0.3) is 5.91 Å². The van der Waals surface area contributed by atoms with Crippen LogP contribution in [0.1, 0.15) is 5.56 Å². The van der Waals surface area contributed by atoms with Crippen LogP contribution < -0.4 is 5.32 Å². The van der Waals surface area contributed by atoms with Crippen LogP contribution in [0.3, 0.4) is 0 Å². The number of likely N-dealkylation sites (N-methyl/N-ethyl adjacent to an activating group) is 1. The Hall–Kier alpha value is -1.80. The first-order valence-corrected chi connectivity index (χ1v) is 6.28. The van der Waals surface area contributed by atoms with Gasteiger partial charge in [-0.3, -0.25) is 4.79 Å². The van der Waals surface area contributed by atoms with Crippen LogP contribution in [-0.2, 0) is 15.7 Å². The van der Waals surface area contributed by atoms with E-state index in [0.717, 1.165) is 6.07 Å². The van der Waals surface area contributed by atoms with E-state index in [9.17, 15) is 23.1 Å². The van der Waals surface area contributed by atoms with E-state index in [2.05, 4.69) is 5.32 Å². The first kappa shape index (κ1) is 15.6. The molecule has 8 heteroatoms. The molecule has 1 heterocycles. The lowest BCUT2D eigenvalue weighted by Crippen LogP contribution is -2.46. The second kappa shape index (κ2) is 5.90. The van der Waals surface area contributed by atoms with E-state index in [1.807, 2.05) is 11.9 Å². The third-order valence-corrected chi connectivity index (χ3v) is 3.13. The lowest BCUT2D eigenvalue weighted by molar-refractivity contribution is -0.139. The molecule has 116 valence electrons. The summed E-state index contributed by atoms with van der Waals surface area (Å²) >= 11 is 0. The second-order valence-electron chi connectivity index (χ2n) is 4.84. The van der Waals surface area contributed by atoms with Crippen molar-refractivity contribution in [3.63, 3.8) is 0 Å². The van der Waals surface area contributed by atoms with Gasteiger partial charge in [-0.1, -0.05) is 0 Å². The maximum absolute atomic E-state index is 12.7. The molecule has 1 amide bonds. The zero-order valence-electron chi connectivity index (χ0n) is 11.3. The summed E-state index contributed by atoms with van der Waals surface area (Å²) in [7, 11) is 1.82. The molecule has 0 aliphatic carbocycles. The van der Waals surface area contributed by atoms with Crippen LogP contribution in [0.2, 0.25) is 0 Å². The van der Waals surface area contributed by atoms with Gasteiger partial charge in [-0.15, -0.1) is 0 Å². The predicted octanol–water partition coefficient (Wildman–Crippen LogP) is 1.68.